The summed E-state index contributed by atoms with van der Waals surface area (Å²) >= 11 is 0. The average molecular weight is 277 g/mol. The Morgan fingerprint density at radius 1 is 1.25 bits per heavy atom. The lowest BCUT2D eigenvalue weighted by Gasteiger charge is -2.28. The highest BCUT2D eigenvalue weighted by molar-refractivity contribution is 5.96. The largest absolute Gasteiger partial charge is 0.480 e. The SMILES string of the molecule is O=C(O)CN(C(=O)NC1CCNCC1)c1ccccc1. The topological polar surface area (TPSA) is 81.7 Å². The molecule has 0 atom stereocenters. The maximum Gasteiger partial charge on any atom is 0.323 e. The lowest BCUT2D eigenvalue weighted by Crippen LogP contribution is -2.49. The van der Waals surface area contributed by atoms with E-state index in [0.29, 0.717) is 5.69 Å². The van der Waals surface area contributed by atoms with Gasteiger partial charge in [0.05, 0.1) is 0 Å². The summed E-state index contributed by atoms with van der Waals surface area (Å²) in [4.78, 5) is 24.5. The van der Waals surface area contributed by atoms with Crippen LogP contribution in [0.2, 0.25) is 0 Å². The second-order valence-corrected chi connectivity index (χ2v) is 4.79. The number of carbonyl (C=O) groups excluding carboxylic acids is 1. The number of carboxylic acid groups (broad SMARTS) is 1. The minimum Gasteiger partial charge on any atom is -0.480 e. The third kappa shape index (κ3) is 3.96. The van der Waals surface area contributed by atoms with Crippen molar-refractivity contribution in [2.75, 3.05) is 24.5 Å². The molecule has 1 fully saturated rings. The van der Waals surface area contributed by atoms with E-state index in [1.165, 1.54) is 4.90 Å². The Labute approximate surface area is 117 Å². The molecule has 1 saturated heterocycles. The molecule has 0 spiro atoms. The minimum atomic E-state index is -1.03. The number of benzene rings is 1. The number of para-hydroxylation sites is 1. The third-order valence-electron chi connectivity index (χ3n) is 3.27. The van der Waals surface area contributed by atoms with Crippen LogP contribution in [0.5, 0.6) is 0 Å². The number of amides is 2. The molecule has 0 bridgehead atoms. The molecule has 0 unspecified atom stereocenters. The van der Waals surface area contributed by atoms with Gasteiger partial charge in [-0.3, -0.25) is 9.69 Å². The first-order valence-electron chi connectivity index (χ1n) is 6.72. The van der Waals surface area contributed by atoms with Gasteiger partial charge in [-0.1, -0.05) is 18.2 Å². The van der Waals surface area contributed by atoms with E-state index >= 15 is 0 Å². The van der Waals surface area contributed by atoms with E-state index in [9.17, 15) is 9.59 Å². The molecule has 1 aliphatic rings. The number of carboxylic acids is 1. The van der Waals surface area contributed by atoms with Gasteiger partial charge >= 0.3 is 12.0 Å². The third-order valence-corrected chi connectivity index (χ3v) is 3.27. The number of aliphatic carboxylic acids is 1. The van der Waals surface area contributed by atoms with Crippen molar-refractivity contribution in [2.24, 2.45) is 0 Å². The van der Waals surface area contributed by atoms with Crippen LogP contribution < -0.4 is 15.5 Å². The number of nitrogens with one attached hydrogen (secondary N) is 2. The van der Waals surface area contributed by atoms with Gasteiger partial charge in [0.2, 0.25) is 0 Å². The summed E-state index contributed by atoms with van der Waals surface area (Å²) in [6.45, 7) is 1.39. The lowest BCUT2D eigenvalue weighted by atomic mass is 10.1. The van der Waals surface area contributed by atoms with E-state index in [2.05, 4.69) is 10.6 Å². The Kier molecular flexibility index (Phi) is 4.95. The van der Waals surface area contributed by atoms with Gasteiger partial charge in [0.25, 0.3) is 0 Å². The van der Waals surface area contributed by atoms with E-state index in [0.717, 1.165) is 25.9 Å². The second kappa shape index (κ2) is 6.91. The van der Waals surface area contributed by atoms with Crippen LogP contribution in [-0.2, 0) is 4.79 Å². The van der Waals surface area contributed by atoms with Crippen molar-refractivity contribution in [3.63, 3.8) is 0 Å². The smallest absolute Gasteiger partial charge is 0.323 e. The van der Waals surface area contributed by atoms with Crippen LogP contribution in [0.15, 0.2) is 30.3 Å². The molecule has 108 valence electrons. The van der Waals surface area contributed by atoms with Crippen molar-refractivity contribution in [1.29, 1.82) is 0 Å². The fourth-order valence-electron chi connectivity index (χ4n) is 2.24. The predicted molar refractivity (Wildman–Crippen MR) is 75.8 cm³/mol. The molecular weight excluding hydrogens is 258 g/mol. The Balaban J connectivity index is 2.05. The molecule has 6 heteroatoms. The van der Waals surface area contributed by atoms with Gasteiger partial charge < -0.3 is 15.7 Å². The quantitative estimate of drug-likeness (QED) is 0.768. The fraction of sp³-hybridized carbons (Fsp3) is 0.429. The molecular formula is C14H19N3O3. The van der Waals surface area contributed by atoms with E-state index in [-0.39, 0.29) is 18.6 Å². The van der Waals surface area contributed by atoms with Gasteiger partial charge in [-0.15, -0.1) is 0 Å². The monoisotopic (exact) mass is 277 g/mol. The van der Waals surface area contributed by atoms with E-state index in [1.807, 2.05) is 6.07 Å². The molecule has 1 heterocycles. The van der Waals surface area contributed by atoms with Crippen molar-refractivity contribution in [3.8, 4) is 0 Å². The zero-order valence-electron chi connectivity index (χ0n) is 11.2. The molecule has 0 saturated carbocycles. The van der Waals surface area contributed by atoms with Crippen molar-refractivity contribution in [1.82, 2.24) is 10.6 Å². The Hall–Kier alpha value is -2.08. The Morgan fingerprint density at radius 2 is 1.90 bits per heavy atom. The van der Waals surface area contributed by atoms with Gasteiger partial charge in [0, 0.05) is 11.7 Å². The van der Waals surface area contributed by atoms with Crippen LogP contribution in [-0.4, -0.2) is 42.8 Å². The number of carbonyl (C=O) groups is 2. The van der Waals surface area contributed by atoms with Crippen LogP contribution >= 0.6 is 0 Å². The standard InChI is InChI=1S/C14H19N3O3/c18-13(19)10-17(12-4-2-1-3-5-12)14(20)16-11-6-8-15-9-7-11/h1-5,11,15H,6-10H2,(H,16,20)(H,18,19). The second-order valence-electron chi connectivity index (χ2n) is 4.79. The lowest BCUT2D eigenvalue weighted by molar-refractivity contribution is -0.135. The molecule has 2 amide bonds. The summed E-state index contributed by atoms with van der Waals surface area (Å²) in [5.41, 5.74) is 0.585. The summed E-state index contributed by atoms with van der Waals surface area (Å²) < 4.78 is 0. The van der Waals surface area contributed by atoms with Gasteiger partial charge in [-0.05, 0) is 38.1 Å². The van der Waals surface area contributed by atoms with Gasteiger partial charge in [-0.25, -0.2) is 4.79 Å². The summed E-state index contributed by atoms with van der Waals surface area (Å²) in [5.74, 6) is -1.03. The highest BCUT2D eigenvalue weighted by Gasteiger charge is 2.22. The van der Waals surface area contributed by atoms with Crippen LogP contribution in [0, 0.1) is 0 Å². The van der Waals surface area contributed by atoms with Crippen molar-refractivity contribution < 1.29 is 14.7 Å². The first-order valence-corrected chi connectivity index (χ1v) is 6.72. The predicted octanol–water partition coefficient (Wildman–Crippen LogP) is 1.04. The highest BCUT2D eigenvalue weighted by Crippen LogP contribution is 2.14. The van der Waals surface area contributed by atoms with Crippen LogP contribution in [0.1, 0.15) is 12.8 Å². The molecule has 2 rings (SSSR count). The maximum atomic E-state index is 12.3. The summed E-state index contributed by atoms with van der Waals surface area (Å²) in [6.07, 6.45) is 1.73. The van der Waals surface area contributed by atoms with Gasteiger partial charge in [-0.2, -0.15) is 0 Å². The van der Waals surface area contributed by atoms with Crippen molar-refractivity contribution in [2.45, 2.75) is 18.9 Å². The molecule has 3 N–H and O–H groups in total. The van der Waals surface area contributed by atoms with Crippen molar-refractivity contribution >= 4 is 17.7 Å². The number of hydrogen-bond acceptors (Lipinski definition) is 3. The van der Waals surface area contributed by atoms with Crippen molar-refractivity contribution in [3.05, 3.63) is 30.3 Å². The van der Waals surface area contributed by atoms with E-state index in [1.54, 1.807) is 24.3 Å². The normalized spacial score (nSPS) is 15.6. The first kappa shape index (κ1) is 14.3. The summed E-state index contributed by atoms with van der Waals surface area (Å²) in [5, 5.41) is 15.1. The van der Waals surface area contributed by atoms with Crippen LogP contribution in [0.4, 0.5) is 10.5 Å². The van der Waals surface area contributed by atoms with Crippen LogP contribution in [0.3, 0.4) is 0 Å². The zero-order chi connectivity index (χ0) is 14.4. The number of rotatable bonds is 4. The molecule has 0 radical (unpaired) electrons. The summed E-state index contributed by atoms with van der Waals surface area (Å²) in [7, 11) is 0. The average Bonchev–Trinajstić information content (AvgIpc) is 2.46. The summed E-state index contributed by atoms with van der Waals surface area (Å²) in [6, 6.07) is 8.58. The fourth-order valence-corrected chi connectivity index (χ4v) is 2.24. The molecule has 1 aromatic carbocycles. The Bertz CT molecular complexity index is 458. The van der Waals surface area contributed by atoms with E-state index < -0.39 is 5.97 Å². The molecule has 1 aliphatic heterocycles. The number of anilines is 1. The number of hydrogen-bond donors (Lipinski definition) is 3. The number of urea groups is 1. The Morgan fingerprint density at radius 3 is 2.50 bits per heavy atom. The number of piperidine rings is 1. The number of nitrogens with zero attached hydrogens (tertiary/aromatic N) is 1. The van der Waals surface area contributed by atoms with Gasteiger partial charge in [0.15, 0.2) is 0 Å². The molecule has 6 nitrogen and oxygen atoms in total. The van der Waals surface area contributed by atoms with Gasteiger partial charge in [0.1, 0.15) is 6.54 Å². The van der Waals surface area contributed by atoms with Crippen LogP contribution in [0.25, 0.3) is 0 Å². The minimum absolute atomic E-state index is 0.101. The maximum absolute atomic E-state index is 12.3. The highest BCUT2D eigenvalue weighted by atomic mass is 16.4. The molecule has 1 aromatic rings. The first-order chi connectivity index (χ1) is 9.66. The molecule has 0 aliphatic carbocycles. The van der Waals surface area contributed by atoms with E-state index in [4.69, 9.17) is 5.11 Å². The molecule has 0 aromatic heterocycles. The zero-order valence-corrected chi connectivity index (χ0v) is 11.2. The molecule has 20 heavy (non-hydrogen) atoms.